The fourth-order valence-corrected chi connectivity index (χ4v) is 3.84. The number of halogens is 1. The van der Waals surface area contributed by atoms with Gasteiger partial charge in [0, 0.05) is 10.3 Å². The average Bonchev–Trinajstić information content (AvgIpc) is 3.17. The van der Waals surface area contributed by atoms with E-state index in [4.69, 9.17) is 16.0 Å². The maximum absolute atomic E-state index is 12.1. The van der Waals surface area contributed by atoms with Crippen LogP contribution in [-0.2, 0) is 11.2 Å². The van der Waals surface area contributed by atoms with Crippen LogP contribution in [0.25, 0.3) is 10.8 Å². The van der Waals surface area contributed by atoms with Gasteiger partial charge in [-0.05, 0) is 31.2 Å². The molecule has 22 heavy (non-hydrogen) atoms. The summed E-state index contributed by atoms with van der Waals surface area (Å²) >= 11 is 8.85. The zero-order chi connectivity index (χ0) is 15.5. The van der Waals surface area contributed by atoms with Gasteiger partial charge in [0.1, 0.15) is 0 Å². The monoisotopic (exact) mass is 352 g/mol. The third-order valence-electron chi connectivity index (χ3n) is 3.02. The smallest absolute Gasteiger partial charge is 0.226 e. The number of aromatic nitrogens is 1. The predicted molar refractivity (Wildman–Crippen MR) is 89.4 cm³/mol. The first-order valence-electron chi connectivity index (χ1n) is 6.64. The van der Waals surface area contributed by atoms with E-state index >= 15 is 0 Å². The number of hydrogen-bond donors (Lipinski definition) is 1. The predicted octanol–water partition coefficient (Wildman–Crippen LogP) is 4.54. The lowest BCUT2D eigenvalue weighted by molar-refractivity contribution is -0.121. The van der Waals surface area contributed by atoms with Crippen LogP contribution in [0.15, 0.2) is 40.3 Å². The standard InChI is InChI=1S/C15H13ClN2O2S2/c1-9(12-4-5-13(16)22-12)17-14(19)7-10-8-21-15(18-10)11-3-2-6-20-11/h2-6,8-9H,7H2,1H3,(H,17,19). The molecule has 0 aliphatic rings. The summed E-state index contributed by atoms with van der Waals surface area (Å²) in [5, 5.41) is 5.62. The van der Waals surface area contributed by atoms with Crippen LogP contribution in [0.4, 0.5) is 0 Å². The van der Waals surface area contributed by atoms with Gasteiger partial charge in [-0.2, -0.15) is 0 Å². The van der Waals surface area contributed by atoms with E-state index in [9.17, 15) is 4.79 Å². The van der Waals surface area contributed by atoms with Crippen molar-refractivity contribution in [3.05, 3.63) is 50.8 Å². The Balaban J connectivity index is 1.60. The number of hydrogen-bond acceptors (Lipinski definition) is 5. The molecule has 0 aromatic carbocycles. The number of furan rings is 1. The number of rotatable bonds is 5. The fraction of sp³-hybridized carbons (Fsp3) is 0.200. The van der Waals surface area contributed by atoms with Gasteiger partial charge >= 0.3 is 0 Å². The molecule has 0 saturated carbocycles. The number of thiophene rings is 1. The first-order chi connectivity index (χ1) is 10.6. The summed E-state index contributed by atoms with van der Waals surface area (Å²) in [4.78, 5) is 17.6. The number of carbonyl (C=O) groups is 1. The number of thiazole rings is 1. The van der Waals surface area contributed by atoms with Gasteiger partial charge in [-0.15, -0.1) is 22.7 Å². The summed E-state index contributed by atoms with van der Waals surface area (Å²) in [5.74, 6) is 0.659. The maximum Gasteiger partial charge on any atom is 0.226 e. The number of nitrogens with zero attached hydrogens (tertiary/aromatic N) is 1. The normalized spacial score (nSPS) is 12.3. The van der Waals surface area contributed by atoms with Gasteiger partial charge in [-0.3, -0.25) is 4.79 Å². The van der Waals surface area contributed by atoms with Crippen LogP contribution in [0, 0.1) is 0 Å². The highest BCUT2D eigenvalue weighted by Gasteiger charge is 2.14. The van der Waals surface area contributed by atoms with Gasteiger partial charge in [0.05, 0.1) is 28.8 Å². The molecule has 1 unspecified atom stereocenters. The molecule has 4 nitrogen and oxygen atoms in total. The van der Waals surface area contributed by atoms with Gasteiger partial charge in [0.15, 0.2) is 10.8 Å². The van der Waals surface area contributed by atoms with E-state index in [1.807, 2.05) is 36.6 Å². The summed E-state index contributed by atoms with van der Waals surface area (Å²) in [6.45, 7) is 1.94. The quantitative estimate of drug-likeness (QED) is 0.733. The zero-order valence-corrected chi connectivity index (χ0v) is 14.1. The Morgan fingerprint density at radius 1 is 1.45 bits per heavy atom. The molecule has 3 aromatic rings. The zero-order valence-electron chi connectivity index (χ0n) is 11.7. The molecule has 114 valence electrons. The third-order valence-corrected chi connectivity index (χ3v) is 5.34. The van der Waals surface area contributed by atoms with Crippen molar-refractivity contribution < 1.29 is 9.21 Å². The molecule has 0 aliphatic heterocycles. The van der Waals surface area contributed by atoms with Crippen LogP contribution in [0.3, 0.4) is 0 Å². The minimum atomic E-state index is -0.0619. The van der Waals surface area contributed by atoms with Crippen LogP contribution in [0.5, 0.6) is 0 Å². The molecule has 1 atom stereocenters. The molecule has 0 aliphatic carbocycles. The molecular formula is C15H13ClN2O2S2. The van der Waals surface area contributed by atoms with Gasteiger partial charge in [0.2, 0.25) is 5.91 Å². The Hall–Kier alpha value is -1.63. The molecule has 1 N–H and O–H groups in total. The Kier molecular flexibility index (Phi) is 4.61. The van der Waals surface area contributed by atoms with Crippen molar-refractivity contribution in [2.24, 2.45) is 0 Å². The third kappa shape index (κ3) is 3.58. The van der Waals surface area contributed by atoms with Crippen LogP contribution < -0.4 is 5.32 Å². The van der Waals surface area contributed by atoms with Crippen molar-refractivity contribution in [1.29, 1.82) is 0 Å². The molecule has 0 saturated heterocycles. The maximum atomic E-state index is 12.1. The average molecular weight is 353 g/mol. The molecule has 3 rings (SSSR count). The minimum Gasteiger partial charge on any atom is -0.462 e. The van der Waals surface area contributed by atoms with Crippen LogP contribution in [-0.4, -0.2) is 10.9 Å². The second-order valence-electron chi connectivity index (χ2n) is 4.73. The summed E-state index contributed by atoms with van der Waals surface area (Å²) in [7, 11) is 0. The van der Waals surface area contributed by atoms with E-state index in [0.29, 0.717) is 0 Å². The Morgan fingerprint density at radius 2 is 2.32 bits per heavy atom. The van der Waals surface area contributed by atoms with Crippen molar-refractivity contribution in [2.75, 3.05) is 0 Å². The fourth-order valence-electron chi connectivity index (χ4n) is 1.99. The van der Waals surface area contributed by atoms with E-state index in [2.05, 4.69) is 10.3 Å². The molecule has 0 fully saturated rings. The van der Waals surface area contributed by atoms with E-state index in [1.54, 1.807) is 6.26 Å². The molecule has 0 bridgehead atoms. The Morgan fingerprint density at radius 3 is 3.00 bits per heavy atom. The molecule has 3 aromatic heterocycles. The van der Waals surface area contributed by atoms with E-state index in [-0.39, 0.29) is 18.4 Å². The van der Waals surface area contributed by atoms with Gasteiger partial charge < -0.3 is 9.73 Å². The van der Waals surface area contributed by atoms with Crippen molar-refractivity contribution in [2.45, 2.75) is 19.4 Å². The van der Waals surface area contributed by atoms with Crippen molar-refractivity contribution in [1.82, 2.24) is 10.3 Å². The topological polar surface area (TPSA) is 55.1 Å². The second kappa shape index (κ2) is 6.64. The van der Waals surface area contributed by atoms with E-state index in [0.717, 1.165) is 25.7 Å². The molecule has 7 heteroatoms. The minimum absolute atomic E-state index is 0.0617. The largest absolute Gasteiger partial charge is 0.462 e. The highest BCUT2D eigenvalue weighted by Crippen LogP contribution is 2.27. The number of amides is 1. The first-order valence-corrected chi connectivity index (χ1v) is 8.72. The molecule has 0 radical (unpaired) electrons. The van der Waals surface area contributed by atoms with Crippen molar-refractivity contribution >= 4 is 40.2 Å². The molecule has 0 spiro atoms. The first kappa shape index (κ1) is 15.3. The van der Waals surface area contributed by atoms with Crippen molar-refractivity contribution in [3.8, 4) is 10.8 Å². The van der Waals surface area contributed by atoms with E-state index < -0.39 is 0 Å². The van der Waals surface area contributed by atoms with Gasteiger partial charge in [0.25, 0.3) is 0 Å². The summed E-state index contributed by atoms with van der Waals surface area (Å²) in [6, 6.07) is 7.37. The van der Waals surface area contributed by atoms with Gasteiger partial charge in [-0.25, -0.2) is 4.98 Å². The summed E-state index contributed by atoms with van der Waals surface area (Å²) < 4.78 is 6.02. The van der Waals surface area contributed by atoms with Crippen LogP contribution >= 0.6 is 34.3 Å². The number of nitrogens with one attached hydrogen (secondary N) is 1. The number of carbonyl (C=O) groups excluding carboxylic acids is 1. The highest BCUT2D eigenvalue weighted by atomic mass is 35.5. The molecular weight excluding hydrogens is 340 g/mol. The van der Waals surface area contributed by atoms with E-state index in [1.165, 1.54) is 22.7 Å². The summed E-state index contributed by atoms with van der Waals surface area (Å²) in [5.41, 5.74) is 0.741. The lowest BCUT2D eigenvalue weighted by atomic mass is 10.2. The summed E-state index contributed by atoms with van der Waals surface area (Å²) in [6.07, 6.45) is 1.86. The lowest BCUT2D eigenvalue weighted by Gasteiger charge is -2.11. The van der Waals surface area contributed by atoms with Crippen LogP contribution in [0.1, 0.15) is 23.5 Å². The SMILES string of the molecule is CC(NC(=O)Cc1csc(-c2ccco2)n1)c1ccc(Cl)s1. The van der Waals surface area contributed by atoms with Gasteiger partial charge in [-0.1, -0.05) is 11.6 Å². The Bertz CT molecular complexity index is 764. The van der Waals surface area contributed by atoms with Crippen molar-refractivity contribution in [3.63, 3.8) is 0 Å². The second-order valence-corrected chi connectivity index (χ2v) is 7.33. The molecule has 3 heterocycles. The molecule has 1 amide bonds. The highest BCUT2D eigenvalue weighted by molar-refractivity contribution is 7.16. The lowest BCUT2D eigenvalue weighted by Crippen LogP contribution is -2.27. The Labute approximate surface area is 140 Å². The van der Waals surface area contributed by atoms with Crippen LogP contribution in [0.2, 0.25) is 4.34 Å².